The lowest BCUT2D eigenvalue weighted by Crippen LogP contribution is -2.21. The van der Waals surface area contributed by atoms with Gasteiger partial charge < -0.3 is 0 Å². The molecule has 0 aliphatic heterocycles. The first-order chi connectivity index (χ1) is 17.5. The first-order valence-corrected chi connectivity index (χ1v) is 14.5. The summed E-state index contributed by atoms with van der Waals surface area (Å²) in [4.78, 5) is 13.0. The highest BCUT2D eigenvalue weighted by Gasteiger charge is 2.44. The molecule has 3 aromatic carbocycles. The average Bonchev–Trinajstić information content (AvgIpc) is 3.46. The molecule has 8 heteroatoms. The molecule has 1 N–H and O–H groups in total. The fraction of sp³-hybridized carbons (Fsp3) is 0.483. The summed E-state index contributed by atoms with van der Waals surface area (Å²) in [6.07, 6.45) is 11.0. The van der Waals surface area contributed by atoms with E-state index in [1.807, 2.05) is 0 Å². The predicted octanol–water partition coefficient (Wildman–Crippen LogP) is 7.59. The zero-order valence-corrected chi connectivity index (χ0v) is 21.3. The normalized spacial score (nSPS) is 25.9. The molecule has 4 unspecified atom stereocenters. The van der Waals surface area contributed by atoms with Crippen LogP contribution in [0.4, 0.5) is 13.2 Å². The maximum absolute atomic E-state index is 13.0. The molecule has 0 heterocycles. The van der Waals surface area contributed by atoms with Gasteiger partial charge in [0, 0.05) is 12.3 Å². The number of fused-ring (bicyclic) bond motifs is 4. The van der Waals surface area contributed by atoms with Gasteiger partial charge in [-0.05, 0) is 101 Å². The minimum Gasteiger partial charge on any atom is -0.299 e. The Hall–Kier alpha value is -2.45. The Morgan fingerprint density at radius 2 is 1.59 bits per heavy atom. The molecule has 0 saturated heterocycles. The number of hydrogen-bond acceptors (Lipinski definition) is 3. The predicted molar refractivity (Wildman–Crippen MR) is 138 cm³/mol. The maximum Gasteiger partial charge on any atom is 0.522 e. The van der Waals surface area contributed by atoms with Crippen molar-refractivity contribution in [3.8, 4) is 0 Å². The molecule has 3 aliphatic carbocycles. The van der Waals surface area contributed by atoms with Crippen molar-refractivity contribution in [1.29, 1.82) is 0 Å². The van der Waals surface area contributed by atoms with Gasteiger partial charge in [-0.2, -0.15) is 21.6 Å². The van der Waals surface area contributed by atoms with E-state index in [-0.39, 0.29) is 5.92 Å². The number of carbonyl (C=O) groups excluding carboxylic acids is 1. The largest absolute Gasteiger partial charge is 0.522 e. The fourth-order valence-corrected chi connectivity index (χ4v) is 6.87. The zero-order valence-electron chi connectivity index (χ0n) is 20.5. The van der Waals surface area contributed by atoms with Crippen LogP contribution >= 0.6 is 0 Å². The van der Waals surface area contributed by atoms with Gasteiger partial charge in [-0.3, -0.25) is 9.35 Å². The molecule has 0 spiro atoms. The summed E-state index contributed by atoms with van der Waals surface area (Å²) < 4.78 is 57.5. The molecule has 6 rings (SSSR count). The van der Waals surface area contributed by atoms with E-state index in [0.29, 0.717) is 5.78 Å². The smallest absolute Gasteiger partial charge is 0.299 e. The molecule has 4 atom stereocenters. The lowest BCUT2D eigenvalue weighted by molar-refractivity contribution is -0.121. The second-order valence-electron chi connectivity index (χ2n) is 10.9. The molecular formula is C29H31F3O4S. The molecule has 198 valence electrons. The van der Waals surface area contributed by atoms with Crippen molar-refractivity contribution >= 4 is 37.4 Å². The summed E-state index contributed by atoms with van der Waals surface area (Å²) in [5.41, 5.74) is -2.67. The Morgan fingerprint density at radius 1 is 0.892 bits per heavy atom. The molecule has 2 bridgehead atoms. The molecule has 4 nitrogen and oxygen atoms in total. The minimum absolute atomic E-state index is 0.113. The van der Waals surface area contributed by atoms with Crippen molar-refractivity contribution in [2.75, 3.05) is 0 Å². The van der Waals surface area contributed by atoms with Gasteiger partial charge in [0.05, 0.1) is 0 Å². The first-order valence-electron chi connectivity index (χ1n) is 13.0. The third-order valence-corrected chi connectivity index (χ3v) is 9.17. The monoisotopic (exact) mass is 532 g/mol. The fourth-order valence-electron chi connectivity index (χ4n) is 6.87. The molecule has 3 aliphatic rings. The number of alkyl halides is 3. The third kappa shape index (κ3) is 5.41. The summed E-state index contributed by atoms with van der Waals surface area (Å²) in [6, 6.07) is 18.0. The zero-order chi connectivity index (χ0) is 26.4. The molecule has 3 saturated carbocycles. The average molecular weight is 533 g/mol. The van der Waals surface area contributed by atoms with E-state index in [1.54, 1.807) is 0 Å². The number of carbonyl (C=O) groups is 1. The highest BCUT2D eigenvalue weighted by atomic mass is 32.2. The van der Waals surface area contributed by atoms with Crippen LogP contribution < -0.4 is 0 Å². The van der Waals surface area contributed by atoms with E-state index in [0.717, 1.165) is 37.0 Å². The second-order valence-corrected chi connectivity index (χ2v) is 12.3. The van der Waals surface area contributed by atoms with Gasteiger partial charge in [0.1, 0.15) is 5.78 Å². The van der Waals surface area contributed by atoms with Crippen LogP contribution in [0.1, 0.15) is 68.4 Å². The number of ketones is 1. The van der Waals surface area contributed by atoms with Crippen molar-refractivity contribution < 1.29 is 30.9 Å². The van der Waals surface area contributed by atoms with Gasteiger partial charge >= 0.3 is 15.6 Å². The van der Waals surface area contributed by atoms with E-state index < -0.39 is 15.6 Å². The summed E-state index contributed by atoms with van der Waals surface area (Å²) in [7, 11) is -5.84. The van der Waals surface area contributed by atoms with Crippen LogP contribution in [0.5, 0.6) is 0 Å². The Kier molecular flexibility index (Phi) is 7.09. The Labute approximate surface area is 215 Å². The van der Waals surface area contributed by atoms with Crippen LogP contribution in [0.2, 0.25) is 0 Å². The SMILES string of the molecule is O=C1CCCCC1c1c(CC2CC3CCC2C3)ccc2cc3ccccc3cc12.O=S(=O)(O)C(F)(F)F. The highest BCUT2D eigenvalue weighted by molar-refractivity contribution is 7.86. The molecule has 3 aromatic rings. The van der Waals surface area contributed by atoms with E-state index in [1.165, 1.54) is 71.2 Å². The van der Waals surface area contributed by atoms with Crippen LogP contribution in [0.25, 0.3) is 21.5 Å². The van der Waals surface area contributed by atoms with E-state index in [4.69, 9.17) is 13.0 Å². The Balaban J connectivity index is 0.000000307. The van der Waals surface area contributed by atoms with Crippen molar-refractivity contribution in [1.82, 2.24) is 0 Å². The van der Waals surface area contributed by atoms with Crippen LogP contribution in [0.15, 0.2) is 48.5 Å². The molecule has 0 radical (unpaired) electrons. The highest BCUT2D eigenvalue weighted by Crippen LogP contribution is 2.50. The topological polar surface area (TPSA) is 71.4 Å². The Bertz CT molecular complexity index is 1430. The van der Waals surface area contributed by atoms with E-state index >= 15 is 0 Å². The van der Waals surface area contributed by atoms with Crippen LogP contribution in [0.3, 0.4) is 0 Å². The molecular weight excluding hydrogens is 501 g/mol. The van der Waals surface area contributed by atoms with Gasteiger partial charge in [0.15, 0.2) is 0 Å². The quantitative estimate of drug-likeness (QED) is 0.214. The van der Waals surface area contributed by atoms with Crippen molar-refractivity contribution in [3.05, 3.63) is 59.7 Å². The Morgan fingerprint density at radius 3 is 2.19 bits per heavy atom. The maximum atomic E-state index is 13.0. The molecule has 37 heavy (non-hydrogen) atoms. The number of Topliss-reactive ketones (excluding diaryl/α,β-unsaturated/α-hetero) is 1. The van der Waals surface area contributed by atoms with Crippen molar-refractivity contribution in [2.24, 2.45) is 17.8 Å². The molecule has 0 amide bonds. The van der Waals surface area contributed by atoms with Crippen molar-refractivity contribution in [3.63, 3.8) is 0 Å². The van der Waals surface area contributed by atoms with Crippen LogP contribution in [-0.2, 0) is 21.3 Å². The van der Waals surface area contributed by atoms with Gasteiger partial charge in [-0.1, -0.05) is 49.2 Å². The summed E-state index contributed by atoms with van der Waals surface area (Å²) in [5.74, 6) is 3.34. The molecule has 0 aromatic heterocycles. The lowest BCUT2D eigenvalue weighted by atomic mass is 9.75. The summed E-state index contributed by atoms with van der Waals surface area (Å²) >= 11 is 0. The number of hydrogen-bond donors (Lipinski definition) is 1. The second kappa shape index (κ2) is 10.0. The van der Waals surface area contributed by atoms with Gasteiger partial charge in [0.2, 0.25) is 0 Å². The van der Waals surface area contributed by atoms with Gasteiger partial charge in [-0.25, -0.2) is 0 Å². The lowest BCUT2D eigenvalue weighted by Gasteiger charge is -2.28. The van der Waals surface area contributed by atoms with E-state index in [9.17, 15) is 18.0 Å². The molecule has 3 fully saturated rings. The number of halogens is 3. The third-order valence-electron chi connectivity index (χ3n) is 8.58. The van der Waals surface area contributed by atoms with Crippen LogP contribution in [0, 0.1) is 17.8 Å². The standard InChI is InChI=1S/C28H30O.CHF3O3S/c29-27-8-4-3-7-25(27)28-23(16-24-14-18-9-10-21(24)13-18)12-11-22-15-19-5-1-2-6-20(19)17-26(22)28;2-1(3,4)8(5,6)7/h1-2,5-6,11-12,15,17-18,21,24-25H,3-4,7-10,13-14,16H2;(H,5,6,7). The summed E-state index contributed by atoms with van der Waals surface area (Å²) in [6.45, 7) is 0. The number of benzene rings is 3. The van der Waals surface area contributed by atoms with Gasteiger partial charge in [-0.15, -0.1) is 0 Å². The van der Waals surface area contributed by atoms with Gasteiger partial charge in [0.25, 0.3) is 0 Å². The minimum atomic E-state index is -5.84. The van der Waals surface area contributed by atoms with E-state index in [2.05, 4.69) is 48.5 Å². The first kappa shape index (κ1) is 26.2. The van der Waals surface area contributed by atoms with Crippen LogP contribution in [-0.4, -0.2) is 24.3 Å². The number of rotatable bonds is 3. The summed E-state index contributed by atoms with van der Waals surface area (Å²) in [5, 5.41) is 5.22. The van der Waals surface area contributed by atoms with Crippen molar-refractivity contribution in [2.45, 2.75) is 69.2 Å².